The summed E-state index contributed by atoms with van der Waals surface area (Å²) in [6.45, 7) is 3.16. The molecule has 2 heterocycles. The molecule has 0 bridgehead atoms. The Kier molecular flexibility index (Phi) is 3.19. The second-order valence-corrected chi connectivity index (χ2v) is 4.75. The first-order valence-electron chi connectivity index (χ1n) is 5.07. The number of aryl methyl sites for hydroxylation is 1. The molecule has 0 aliphatic carbocycles. The van der Waals surface area contributed by atoms with Gasteiger partial charge >= 0.3 is 0 Å². The van der Waals surface area contributed by atoms with Crippen molar-refractivity contribution in [3.8, 4) is 0 Å². The molecule has 1 N–H and O–H groups in total. The van der Waals surface area contributed by atoms with Gasteiger partial charge in [0.2, 0.25) is 0 Å². The van der Waals surface area contributed by atoms with Gasteiger partial charge in [0, 0.05) is 6.04 Å². The molecule has 0 radical (unpaired) electrons. The van der Waals surface area contributed by atoms with Gasteiger partial charge in [-0.15, -0.1) is 11.3 Å². The Balaban J connectivity index is 2.18. The van der Waals surface area contributed by atoms with E-state index in [2.05, 4.69) is 5.32 Å². The Morgan fingerprint density at radius 2 is 2.40 bits per heavy atom. The maximum Gasteiger partial charge on any atom is 0.180 e. The van der Waals surface area contributed by atoms with Crippen LogP contribution >= 0.6 is 11.3 Å². The highest BCUT2D eigenvalue weighted by Gasteiger charge is 2.34. The number of rotatable bonds is 3. The molecule has 1 aliphatic rings. The van der Waals surface area contributed by atoms with Gasteiger partial charge in [-0.1, -0.05) is 0 Å². The molecule has 1 fully saturated rings. The summed E-state index contributed by atoms with van der Waals surface area (Å²) in [4.78, 5) is 13.1. The van der Waals surface area contributed by atoms with E-state index >= 15 is 0 Å². The zero-order valence-corrected chi connectivity index (χ0v) is 9.76. The van der Waals surface area contributed by atoms with Crippen LogP contribution in [0.2, 0.25) is 0 Å². The van der Waals surface area contributed by atoms with Crippen LogP contribution in [0.25, 0.3) is 0 Å². The fourth-order valence-corrected chi connectivity index (χ4v) is 2.82. The average molecular weight is 225 g/mol. The summed E-state index contributed by atoms with van der Waals surface area (Å²) in [7, 11) is 1.88. The maximum absolute atomic E-state index is 12.2. The highest BCUT2D eigenvalue weighted by molar-refractivity contribution is 7.12. The van der Waals surface area contributed by atoms with E-state index in [-0.39, 0.29) is 17.7 Å². The van der Waals surface area contributed by atoms with Gasteiger partial charge in [-0.25, -0.2) is 0 Å². The van der Waals surface area contributed by atoms with Gasteiger partial charge in [0.05, 0.1) is 24.0 Å². The molecule has 15 heavy (non-hydrogen) atoms. The summed E-state index contributed by atoms with van der Waals surface area (Å²) in [6.07, 6.45) is 0. The molecule has 1 aromatic rings. The highest BCUT2D eigenvalue weighted by atomic mass is 32.1. The summed E-state index contributed by atoms with van der Waals surface area (Å²) in [5, 5.41) is 5.10. The minimum atomic E-state index is -0.0210. The number of hydrogen-bond donors (Lipinski definition) is 1. The lowest BCUT2D eigenvalue weighted by Crippen LogP contribution is -2.36. The molecule has 2 unspecified atom stereocenters. The van der Waals surface area contributed by atoms with E-state index in [9.17, 15) is 4.79 Å². The van der Waals surface area contributed by atoms with Gasteiger partial charge in [-0.2, -0.15) is 0 Å². The van der Waals surface area contributed by atoms with Crippen molar-refractivity contribution in [3.05, 3.63) is 21.9 Å². The zero-order chi connectivity index (χ0) is 10.8. The van der Waals surface area contributed by atoms with Crippen molar-refractivity contribution in [2.45, 2.75) is 13.0 Å². The monoisotopic (exact) mass is 225 g/mol. The lowest BCUT2D eigenvalue weighted by molar-refractivity contribution is 0.0896. The number of carbonyl (C=O) groups excluding carboxylic acids is 1. The molecular weight excluding hydrogens is 210 g/mol. The third-order valence-corrected chi connectivity index (χ3v) is 3.90. The van der Waals surface area contributed by atoms with E-state index in [0.717, 1.165) is 10.4 Å². The van der Waals surface area contributed by atoms with Crippen LogP contribution in [0.3, 0.4) is 0 Å². The van der Waals surface area contributed by atoms with Gasteiger partial charge in [0.25, 0.3) is 0 Å². The molecule has 0 saturated carbocycles. The maximum atomic E-state index is 12.2. The van der Waals surface area contributed by atoms with Crippen LogP contribution in [0, 0.1) is 12.8 Å². The quantitative estimate of drug-likeness (QED) is 0.792. The summed E-state index contributed by atoms with van der Waals surface area (Å²) in [5.41, 5.74) is 1.08. The van der Waals surface area contributed by atoms with Gasteiger partial charge in [0.15, 0.2) is 5.78 Å². The molecule has 1 saturated heterocycles. The number of nitrogens with one attached hydrogen (secondary N) is 1. The Bertz CT molecular complexity index is 361. The predicted octanol–water partition coefficient (Wildman–Crippen LogP) is 1.47. The first kappa shape index (κ1) is 10.8. The van der Waals surface area contributed by atoms with Crippen LogP contribution in [-0.2, 0) is 4.74 Å². The van der Waals surface area contributed by atoms with E-state index in [4.69, 9.17) is 4.74 Å². The number of hydrogen-bond acceptors (Lipinski definition) is 4. The molecule has 2 rings (SSSR count). The SMILES string of the molecule is CNC1COCC1C(=O)c1sccc1C. The number of likely N-dealkylation sites (N-methyl/N-ethyl adjacent to an activating group) is 1. The second-order valence-electron chi connectivity index (χ2n) is 3.84. The Morgan fingerprint density at radius 3 is 3.00 bits per heavy atom. The van der Waals surface area contributed by atoms with Crippen molar-refractivity contribution >= 4 is 17.1 Å². The molecule has 2 atom stereocenters. The summed E-state index contributed by atoms with van der Waals surface area (Å²) < 4.78 is 5.34. The molecule has 82 valence electrons. The molecular formula is C11H15NO2S. The third-order valence-electron chi connectivity index (χ3n) is 2.87. The normalized spacial score (nSPS) is 25.7. The van der Waals surface area contributed by atoms with Gasteiger partial charge in [0.1, 0.15) is 0 Å². The Labute approximate surface area is 93.4 Å². The van der Waals surface area contributed by atoms with Gasteiger partial charge in [-0.3, -0.25) is 4.79 Å². The van der Waals surface area contributed by atoms with Crippen LogP contribution in [-0.4, -0.2) is 32.1 Å². The molecule has 0 amide bonds. The molecule has 4 heteroatoms. The van der Waals surface area contributed by atoms with Crippen molar-refractivity contribution in [2.75, 3.05) is 20.3 Å². The summed E-state index contributed by atoms with van der Waals surface area (Å²) in [5.74, 6) is 0.201. The fourth-order valence-electron chi connectivity index (χ4n) is 1.89. The minimum absolute atomic E-state index is 0.0210. The van der Waals surface area contributed by atoms with Crippen molar-refractivity contribution in [3.63, 3.8) is 0 Å². The van der Waals surface area contributed by atoms with E-state index in [0.29, 0.717) is 13.2 Å². The molecule has 0 spiro atoms. The second kappa shape index (κ2) is 4.43. The average Bonchev–Trinajstić information content (AvgIpc) is 2.84. The summed E-state index contributed by atoms with van der Waals surface area (Å²) >= 11 is 1.52. The topological polar surface area (TPSA) is 38.3 Å². The fraction of sp³-hybridized carbons (Fsp3) is 0.545. The first-order valence-corrected chi connectivity index (χ1v) is 5.95. The predicted molar refractivity (Wildman–Crippen MR) is 60.5 cm³/mol. The lowest BCUT2D eigenvalue weighted by Gasteiger charge is -2.14. The molecule has 1 aromatic heterocycles. The standard InChI is InChI=1S/C11H15NO2S/c1-7-3-4-15-11(7)10(13)8-5-14-6-9(8)12-2/h3-4,8-9,12H,5-6H2,1-2H3. The Hall–Kier alpha value is -0.710. The van der Waals surface area contributed by atoms with E-state index < -0.39 is 0 Å². The zero-order valence-electron chi connectivity index (χ0n) is 8.95. The van der Waals surface area contributed by atoms with Crippen molar-refractivity contribution in [1.29, 1.82) is 0 Å². The first-order chi connectivity index (χ1) is 7.24. The molecule has 1 aliphatic heterocycles. The van der Waals surface area contributed by atoms with Gasteiger partial charge < -0.3 is 10.1 Å². The van der Waals surface area contributed by atoms with Crippen LogP contribution in [0.5, 0.6) is 0 Å². The lowest BCUT2D eigenvalue weighted by atomic mass is 9.96. The van der Waals surface area contributed by atoms with E-state index in [1.807, 2.05) is 25.4 Å². The van der Waals surface area contributed by atoms with Crippen LogP contribution in [0.4, 0.5) is 0 Å². The van der Waals surface area contributed by atoms with Crippen LogP contribution < -0.4 is 5.32 Å². The Morgan fingerprint density at radius 1 is 1.60 bits per heavy atom. The number of carbonyl (C=O) groups is 1. The largest absolute Gasteiger partial charge is 0.379 e. The highest BCUT2D eigenvalue weighted by Crippen LogP contribution is 2.24. The van der Waals surface area contributed by atoms with E-state index in [1.165, 1.54) is 11.3 Å². The number of ketones is 1. The number of Topliss-reactive ketones (excluding diaryl/α,β-unsaturated/α-hetero) is 1. The van der Waals surface area contributed by atoms with Crippen LogP contribution in [0.15, 0.2) is 11.4 Å². The van der Waals surface area contributed by atoms with E-state index in [1.54, 1.807) is 0 Å². The van der Waals surface area contributed by atoms with Crippen LogP contribution in [0.1, 0.15) is 15.2 Å². The number of thiophene rings is 1. The molecule has 0 aromatic carbocycles. The van der Waals surface area contributed by atoms with Gasteiger partial charge in [-0.05, 0) is 31.0 Å². The summed E-state index contributed by atoms with van der Waals surface area (Å²) in [6, 6.07) is 2.15. The van der Waals surface area contributed by atoms with Crippen molar-refractivity contribution in [2.24, 2.45) is 5.92 Å². The molecule has 3 nitrogen and oxygen atoms in total. The van der Waals surface area contributed by atoms with Crippen molar-refractivity contribution in [1.82, 2.24) is 5.32 Å². The smallest absolute Gasteiger partial charge is 0.180 e. The minimum Gasteiger partial charge on any atom is -0.379 e. The number of ether oxygens (including phenoxy) is 1. The van der Waals surface area contributed by atoms with Crippen molar-refractivity contribution < 1.29 is 9.53 Å². The third kappa shape index (κ3) is 1.97.